The van der Waals surface area contributed by atoms with Crippen LogP contribution in [0, 0.1) is 0 Å². The SMILES string of the molecule is CCCCCCn1cccc1OC=O. The predicted octanol–water partition coefficient (Wildman–Crippen LogP) is 2.60. The zero-order valence-electron chi connectivity index (χ0n) is 8.61. The van der Waals surface area contributed by atoms with E-state index in [0.29, 0.717) is 12.4 Å². The van der Waals surface area contributed by atoms with E-state index in [-0.39, 0.29) is 0 Å². The molecule has 1 aromatic rings. The Hall–Kier alpha value is -1.25. The molecule has 1 aromatic heterocycles. The molecule has 0 saturated heterocycles. The topological polar surface area (TPSA) is 31.2 Å². The highest BCUT2D eigenvalue weighted by molar-refractivity contribution is 5.43. The quantitative estimate of drug-likeness (QED) is 0.494. The second-order valence-electron chi connectivity index (χ2n) is 3.31. The van der Waals surface area contributed by atoms with E-state index >= 15 is 0 Å². The van der Waals surface area contributed by atoms with Gasteiger partial charge in [-0.05, 0) is 12.5 Å². The number of hydrogen-bond acceptors (Lipinski definition) is 2. The molecule has 0 bridgehead atoms. The highest BCUT2D eigenvalue weighted by Crippen LogP contribution is 2.13. The maximum absolute atomic E-state index is 10.2. The Morgan fingerprint density at radius 3 is 3.00 bits per heavy atom. The van der Waals surface area contributed by atoms with Crippen molar-refractivity contribution in [2.24, 2.45) is 0 Å². The van der Waals surface area contributed by atoms with Crippen LogP contribution in [0.1, 0.15) is 32.6 Å². The lowest BCUT2D eigenvalue weighted by molar-refractivity contribution is -0.121. The Bertz CT molecular complexity index is 268. The van der Waals surface area contributed by atoms with Crippen molar-refractivity contribution in [3.8, 4) is 5.88 Å². The van der Waals surface area contributed by atoms with Crippen molar-refractivity contribution in [3.63, 3.8) is 0 Å². The first kappa shape index (κ1) is 10.8. The zero-order valence-corrected chi connectivity index (χ0v) is 8.61. The third-order valence-corrected chi connectivity index (χ3v) is 2.21. The van der Waals surface area contributed by atoms with Gasteiger partial charge in [0.2, 0.25) is 5.88 Å². The van der Waals surface area contributed by atoms with Gasteiger partial charge in [-0.1, -0.05) is 26.2 Å². The molecule has 3 heteroatoms. The molecule has 0 unspecified atom stereocenters. The van der Waals surface area contributed by atoms with Crippen LogP contribution in [-0.4, -0.2) is 11.0 Å². The van der Waals surface area contributed by atoms with Crippen molar-refractivity contribution in [1.82, 2.24) is 4.57 Å². The van der Waals surface area contributed by atoms with E-state index in [1.165, 1.54) is 19.3 Å². The Morgan fingerprint density at radius 1 is 1.43 bits per heavy atom. The molecule has 0 amide bonds. The lowest BCUT2D eigenvalue weighted by Crippen LogP contribution is -2.01. The molecule has 0 aliphatic heterocycles. The van der Waals surface area contributed by atoms with Gasteiger partial charge in [-0.3, -0.25) is 4.79 Å². The number of hydrogen-bond donors (Lipinski definition) is 0. The van der Waals surface area contributed by atoms with Gasteiger partial charge in [0.1, 0.15) is 0 Å². The van der Waals surface area contributed by atoms with Crippen molar-refractivity contribution in [2.45, 2.75) is 39.2 Å². The van der Waals surface area contributed by atoms with E-state index in [4.69, 9.17) is 4.74 Å². The van der Waals surface area contributed by atoms with Crippen molar-refractivity contribution >= 4 is 6.47 Å². The van der Waals surface area contributed by atoms with E-state index in [1.807, 2.05) is 16.8 Å². The first-order valence-corrected chi connectivity index (χ1v) is 5.14. The predicted molar refractivity (Wildman–Crippen MR) is 55.3 cm³/mol. The summed E-state index contributed by atoms with van der Waals surface area (Å²) in [5.74, 6) is 0.636. The molecule has 0 aromatic carbocycles. The third kappa shape index (κ3) is 3.24. The number of aromatic nitrogens is 1. The minimum atomic E-state index is 0.470. The van der Waals surface area contributed by atoms with Gasteiger partial charge in [-0.2, -0.15) is 0 Å². The van der Waals surface area contributed by atoms with Crippen LogP contribution in [0.3, 0.4) is 0 Å². The summed E-state index contributed by atoms with van der Waals surface area (Å²) in [5.41, 5.74) is 0. The van der Waals surface area contributed by atoms with E-state index in [9.17, 15) is 4.79 Å². The molecule has 0 fully saturated rings. The number of ether oxygens (including phenoxy) is 1. The highest BCUT2D eigenvalue weighted by Gasteiger charge is 2.00. The van der Waals surface area contributed by atoms with E-state index in [0.717, 1.165) is 13.0 Å². The number of aryl methyl sites for hydroxylation is 1. The maximum atomic E-state index is 10.2. The molecular weight excluding hydrogens is 178 g/mol. The van der Waals surface area contributed by atoms with Gasteiger partial charge in [-0.25, -0.2) is 0 Å². The second kappa shape index (κ2) is 6.24. The number of unbranched alkanes of at least 4 members (excludes halogenated alkanes) is 3. The number of nitrogens with zero attached hydrogens (tertiary/aromatic N) is 1. The first-order valence-electron chi connectivity index (χ1n) is 5.14. The van der Waals surface area contributed by atoms with Gasteiger partial charge in [0, 0.05) is 18.8 Å². The van der Waals surface area contributed by atoms with Gasteiger partial charge in [0.05, 0.1) is 0 Å². The summed E-state index contributed by atoms with van der Waals surface area (Å²) in [6.07, 6.45) is 6.81. The van der Waals surface area contributed by atoms with Gasteiger partial charge in [-0.15, -0.1) is 0 Å². The minimum absolute atomic E-state index is 0.470. The molecule has 0 spiro atoms. The molecule has 1 rings (SSSR count). The molecule has 0 aliphatic rings. The number of carbonyl (C=O) groups is 1. The maximum Gasteiger partial charge on any atom is 0.299 e. The summed E-state index contributed by atoms with van der Waals surface area (Å²) in [7, 11) is 0. The summed E-state index contributed by atoms with van der Waals surface area (Å²) >= 11 is 0. The zero-order chi connectivity index (χ0) is 10.2. The largest absolute Gasteiger partial charge is 0.412 e. The minimum Gasteiger partial charge on any atom is -0.412 e. The van der Waals surface area contributed by atoms with Crippen LogP contribution in [0.5, 0.6) is 5.88 Å². The normalized spacial score (nSPS) is 10.1. The average molecular weight is 195 g/mol. The monoisotopic (exact) mass is 195 g/mol. The summed E-state index contributed by atoms with van der Waals surface area (Å²) in [6, 6.07) is 3.69. The fourth-order valence-electron chi connectivity index (χ4n) is 1.45. The van der Waals surface area contributed by atoms with Gasteiger partial charge in [0.15, 0.2) is 0 Å². The van der Waals surface area contributed by atoms with Crippen molar-refractivity contribution < 1.29 is 9.53 Å². The third-order valence-electron chi connectivity index (χ3n) is 2.21. The van der Waals surface area contributed by atoms with Crippen LogP contribution in [0.25, 0.3) is 0 Å². The molecule has 0 saturated carbocycles. The molecule has 1 heterocycles. The molecular formula is C11H17NO2. The van der Waals surface area contributed by atoms with Crippen molar-refractivity contribution in [1.29, 1.82) is 0 Å². The Balaban J connectivity index is 2.33. The average Bonchev–Trinajstić information content (AvgIpc) is 2.61. The van der Waals surface area contributed by atoms with Crippen LogP contribution in [0.15, 0.2) is 18.3 Å². The lowest BCUT2D eigenvalue weighted by atomic mass is 10.2. The standard InChI is InChI=1S/C11H17NO2/c1-2-3-4-5-8-12-9-6-7-11(12)14-10-13/h6-7,9-10H,2-5,8H2,1H3. The summed E-state index contributed by atoms with van der Waals surface area (Å²) < 4.78 is 6.78. The van der Waals surface area contributed by atoms with E-state index in [1.54, 1.807) is 6.07 Å². The van der Waals surface area contributed by atoms with Crippen LogP contribution in [0.4, 0.5) is 0 Å². The lowest BCUT2D eigenvalue weighted by Gasteiger charge is -2.06. The van der Waals surface area contributed by atoms with Crippen molar-refractivity contribution in [3.05, 3.63) is 18.3 Å². The molecule has 0 N–H and O–H groups in total. The smallest absolute Gasteiger partial charge is 0.299 e. The second-order valence-corrected chi connectivity index (χ2v) is 3.31. The Morgan fingerprint density at radius 2 is 2.29 bits per heavy atom. The molecule has 0 aliphatic carbocycles. The van der Waals surface area contributed by atoms with Gasteiger partial charge < -0.3 is 9.30 Å². The van der Waals surface area contributed by atoms with Crippen LogP contribution >= 0.6 is 0 Å². The summed E-state index contributed by atoms with van der Waals surface area (Å²) in [4.78, 5) is 10.2. The summed E-state index contributed by atoms with van der Waals surface area (Å²) in [5, 5.41) is 0. The molecule has 3 nitrogen and oxygen atoms in total. The number of carbonyl (C=O) groups excluding carboxylic acids is 1. The number of rotatable bonds is 7. The van der Waals surface area contributed by atoms with Crippen LogP contribution in [-0.2, 0) is 11.3 Å². The van der Waals surface area contributed by atoms with Gasteiger partial charge in [0.25, 0.3) is 6.47 Å². The Labute approximate surface area is 84.7 Å². The van der Waals surface area contributed by atoms with Gasteiger partial charge >= 0.3 is 0 Å². The molecule has 0 atom stereocenters. The Kier molecular flexibility index (Phi) is 4.83. The van der Waals surface area contributed by atoms with Crippen LogP contribution < -0.4 is 4.74 Å². The van der Waals surface area contributed by atoms with Crippen molar-refractivity contribution in [2.75, 3.05) is 0 Å². The van der Waals surface area contributed by atoms with Crippen LogP contribution in [0.2, 0.25) is 0 Å². The van der Waals surface area contributed by atoms with E-state index in [2.05, 4.69) is 6.92 Å². The molecule has 78 valence electrons. The first-order chi connectivity index (χ1) is 6.88. The fraction of sp³-hybridized carbons (Fsp3) is 0.545. The highest BCUT2D eigenvalue weighted by atomic mass is 16.5. The molecule has 14 heavy (non-hydrogen) atoms. The van der Waals surface area contributed by atoms with E-state index < -0.39 is 0 Å². The summed E-state index contributed by atoms with van der Waals surface area (Å²) in [6.45, 7) is 3.59. The molecule has 0 radical (unpaired) electrons. The fourth-order valence-corrected chi connectivity index (χ4v) is 1.45.